The van der Waals surface area contributed by atoms with Crippen LogP contribution in [0.3, 0.4) is 0 Å². The smallest absolute Gasteiger partial charge is 0.118 e. The van der Waals surface area contributed by atoms with Crippen LogP contribution >= 0.6 is 0 Å². The summed E-state index contributed by atoms with van der Waals surface area (Å²) in [5.74, 6) is 0.869. The first-order valence-corrected chi connectivity index (χ1v) is 6.65. The van der Waals surface area contributed by atoms with Crippen LogP contribution in [0.15, 0.2) is 49.1 Å². The lowest BCUT2D eigenvalue weighted by Crippen LogP contribution is -2.12. The van der Waals surface area contributed by atoms with Gasteiger partial charge in [-0.05, 0) is 43.9 Å². The molecule has 1 atom stereocenters. The van der Waals surface area contributed by atoms with Crippen LogP contribution < -0.4 is 4.74 Å². The first kappa shape index (κ1) is 15.5. The Morgan fingerprint density at radius 3 is 2.53 bits per heavy atom. The van der Waals surface area contributed by atoms with Crippen molar-refractivity contribution in [1.82, 2.24) is 0 Å². The number of allylic oxidation sites excluding steroid dienone is 1. The fourth-order valence-electron chi connectivity index (χ4n) is 1.80. The third kappa shape index (κ3) is 6.25. The molecule has 0 saturated heterocycles. The van der Waals surface area contributed by atoms with E-state index in [1.807, 2.05) is 30.3 Å². The van der Waals surface area contributed by atoms with Gasteiger partial charge in [-0.2, -0.15) is 0 Å². The molecule has 0 saturated carbocycles. The van der Waals surface area contributed by atoms with Crippen LogP contribution in [0.25, 0.3) is 0 Å². The van der Waals surface area contributed by atoms with Crippen molar-refractivity contribution in [3.05, 3.63) is 54.6 Å². The summed E-state index contributed by atoms with van der Waals surface area (Å²) in [4.78, 5) is 0. The van der Waals surface area contributed by atoms with Crippen LogP contribution in [-0.2, 0) is 11.3 Å². The maximum atomic E-state index is 5.94. The highest BCUT2D eigenvalue weighted by atomic mass is 16.5. The zero-order valence-corrected chi connectivity index (χ0v) is 12.0. The van der Waals surface area contributed by atoms with Crippen molar-refractivity contribution >= 4 is 0 Å². The number of benzene rings is 1. The second-order valence-electron chi connectivity index (χ2n) is 4.80. The van der Waals surface area contributed by atoms with Crippen molar-refractivity contribution in [2.24, 2.45) is 0 Å². The minimum absolute atomic E-state index is 0.219. The molecule has 0 spiro atoms. The summed E-state index contributed by atoms with van der Waals surface area (Å²) in [6.45, 7) is 10.4. The van der Waals surface area contributed by atoms with E-state index in [-0.39, 0.29) is 6.10 Å². The summed E-state index contributed by atoms with van der Waals surface area (Å²) in [7, 11) is 1.67. The molecular weight excluding hydrogens is 236 g/mol. The third-order valence-electron chi connectivity index (χ3n) is 2.97. The Hall–Kier alpha value is -1.54. The monoisotopic (exact) mass is 260 g/mol. The van der Waals surface area contributed by atoms with Crippen LogP contribution in [0.4, 0.5) is 0 Å². The normalized spacial score (nSPS) is 11.9. The van der Waals surface area contributed by atoms with E-state index in [1.165, 1.54) is 5.57 Å². The van der Waals surface area contributed by atoms with Crippen LogP contribution in [0.1, 0.15) is 31.7 Å². The lowest BCUT2D eigenvalue weighted by molar-refractivity contribution is 0.0373. The van der Waals surface area contributed by atoms with Crippen LogP contribution in [0, 0.1) is 0 Å². The molecule has 0 unspecified atom stereocenters. The minimum Gasteiger partial charge on any atom is -0.497 e. The van der Waals surface area contributed by atoms with E-state index in [0.717, 1.165) is 30.6 Å². The Morgan fingerprint density at radius 1 is 1.32 bits per heavy atom. The van der Waals surface area contributed by atoms with Crippen molar-refractivity contribution < 1.29 is 9.47 Å². The molecule has 0 N–H and O–H groups in total. The molecule has 19 heavy (non-hydrogen) atoms. The molecule has 1 aromatic rings. The van der Waals surface area contributed by atoms with Gasteiger partial charge in [-0.3, -0.25) is 0 Å². The molecule has 0 aliphatic heterocycles. The zero-order valence-electron chi connectivity index (χ0n) is 12.0. The summed E-state index contributed by atoms with van der Waals surface area (Å²) in [6.07, 6.45) is 5.01. The predicted octanol–water partition coefficient (Wildman–Crippen LogP) is 4.51. The molecule has 1 rings (SSSR count). The van der Waals surface area contributed by atoms with Gasteiger partial charge in [0, 0.05) is 0 Å². The molecular formula is C17H24O2. The van der Waals surface area contributed by atoms with Gasteiger partial charge in [0.1, 0.15) is 5.75 Å². The van der Waals surface area contributed by atoms with Crippen LogP contribution in [0.2, 0.25) is 0 Å². The molecule has 104 valence electrons. The number of hydrogen-bond donors (Lipinski definition) is 0. The lowest BCUT2D eigenvalue weighted by Gasteiger charge is -2.16. The number of ether oxygens (including phenoxy) is 2. The van der Waals surface area contributed by atoms with Crippen molar-refractivity contribution in [2.75, 3.05) is 7.11 Å². The SMILES string of the molecule is C=CC[C@H](CCC(=C)C)OCc1ccc(OC)cc1. The number of methoxy groups -OCH3 is 1. The molecule has 2 heteroatoms. The lowest BCUT2D eigenvalue weighted by atomic mass is 10.1. The zero-order chi connectivity index (χ0) is 14.1. The third-order valence-corrected chi connectivity index (χ3v) is 2.97. The fraction of sp³-hybridized carbons (Fsp3) is 0.412. The number of hydrogen-bond acceptors (Lipinski definition) is 2. The summed E-state index contributed by atoms with van der Waals surface area (Å²) >= 11 is 0. The van der Waals surface area contributed by atoms with E-state index in [2.05, 4.69) is 20.1 Å². The predicted molar refractivity (Wildman–Crippen MR) is 80.4 cm³/mol. The molecule has 0 aromatic heterocycles. The summed E-state index contributed by atoms with van der Waals surface area (Å²) in [5.41, 5.74) is 2.35. The standard InChI is InChI=1S/C17H24O2/c1-5-6-17(10-7-14(2)3)19-13-15-8-11-16(18-4)12-9-15/h5,8-9,11-12,17H,1-2,6-7,10,13H2,3-4H3/t17-/m1/s1. The molecule has 0 amide bonds. The Morgan fingerprint density at radius 2 is 2.00 bits per heavy atom. The van der Waals surface area contributed by atoms with E-state index in [1.54, 1.807) is 7.11 Å². The van der Waals surface area contributed by atoms with Crippen molar-refractivity contribution in [3.63, 3.8) is 0 Å². The molecule has 0 heterocycles. The van der Waals surface area contributed by atoms with E-state index < -0.39 is 0 Å². The van der Waals surface area contributed by atoms with Gasteiger partial charge in [0.15, 0.2) is 0 Å². The molecule has 0 radical (unpaired) electrons. The van der Waals surface area contributed by atoms with Gasteiger partial charge >= 0.3 is 0 Å². The largest absolute Gasteiger partial charge is 0.497 e. The van der Waals surface area contributed by atoms with Crippen molar-refractivity contribution in [1.29, 1.82) is 0 Å². The quantitative estimate of drug-likeness (QED) is 0.608. The average Bonchev–Trinajstić information content (AvgIpc) is 2.42. The van der Waals surface area contributed by atoms with Crippen LogP contribution in [-0.4, -0.2) is 13.2 Å². The Kier molecular flexibility index (Phi) is 6.98. The van der Waals surface area contributed by atoms with E-state index in [4.69, 9.17) is 9.47 Å². The second kappa shape index (κ2) is 8.54. The molecule has 0 aliphatic carbocycles. The van der Waals surface area contributed by atoms with Gasteiger partial charge in [0.2, 0.25) is 0 Å². The summed E-state index contributed by atoms with van der Waals surface area (Å²) in [5, 5.41) is 0. The van der Waals surface area contributed by atoms with Gasteiger partial charge in [-0.15, -0.1) is 13.2 Å². The average molecular weight is 260 g/mol. The minimum atomic E-state index is 0.219. The van der Waals surface area contributed by atoms with Gasteiger partial charge in [0.05, 0.1) is 19.8 Å². The van der Waals surface area contributed by atoms with Crippen LogP contribution in [0.5, 0.6) is 5.75 Å². The Bertz CT molecular complexity index is 392. The topological polar surface area (TPSA) is 18.5 Å². The molecule has 2 nitrogen and oxygen atoms in total. The highest BCUT2D eigenvalue weighted by Gasteiger charge is 2.07. The Labute approximate surface area is 116 Å². The number of rotatable bonds is 9. The van der Waals surface area contributed by atoms with Gasteiger partial charge in [-0.25, -0.2) is 0 Å². The molecule has 1 aromatic carbocycles. The highest BCUT2D eigenvalue weighted by Crippen LogP contribution is 2.16. The Balaban J connectivity index is 2.45. The molecule has 0 fully saturated rings. The highest BCUT2D eigenvalue weighted by molar-refractivity contribution is 5.26. The molecule has 0 aliphatic rings. The van der Waals surface area contributed by atoms with E-state index >= 15 is 0 Å². The van der Waals surface area contributed by atoms with Crippen molar-refractivity contribution in [3.8, 4) is 5.75 Å². The molecule has 0 bridgehead atoms. The van der Waals surface area contributed by atoms with Crippen molar-refractivity contribution in [2.45, 2.75) is 38.9 Å². The van der Waals surface area contributed by atoms with Gasteiger partial charge in [-0.1, -0.05) is 23.8 Å². The first-order valence-electron chi connectivity index (χ1n) is 6.65. The summed E-state index contributed by atoms with van der Waals surface area (Å²) < 4.78 is 11.1. The van der Waals surface area contributed by atoms with Gasteiger partial charge < -0.3 is 9.47 Å². The fourth-order valence-corrected chi connectivity index (χ4v) is 1.80. The second-order valence-corrected chi connectivity index (χ2v) is 4.80. The maximum Gasteiger partial charge on any atom is 0.118 e. The first-order chi connectivity index (χ1) is 9.15. The maximum absolute atomic E-state index is 5.94. The van der Waals surface area contributed by atoms with E-state index in [0.29, 0.717) is 6.61 Å². The van der Waals surface area contributed by atoms with Gasteiger partial charge in [0.25, 0.3) is 0 Å². The summed E-state index contributed by atoms with van der Waals surface area (Å²) in [6, 6.07) is 7.97. The van der Waals surface area contributed by atoms with E-state index in [9.17, 15) is 0 Å².